The lowest BCUT2D eigenvalue weighted by Crippen LogP contribution is -2.35. The smallest absolute Gasteiger partial charge is 0.166 e. The van der Waals surface area contributed by atoms with Crippen LogP contribution in [0.4, 0.5) is 0 Å². The molecule has 4 nitrogen and oxygen atoms in total. The Labute approximate surface area is 120 Å². The number of hydrogen-bond donors (Lipinski definition) is 0. The zero-order valence-corrected chi connectivity index (χ0v) is 12.4. The van der Waals surface area contributed by atoms with Crippen molar-refractivity contribution in [2.75, 3.05) is 27.3 Å². The molecule has 4 heteroatoms. The number of piperidine rings is 1. The van der Waals surface area contributed by atoms with E-state index in [-0.39, 0.29) is 6.04 Å². The fraction of sp³-hybridized carbons (Fsp3) is 0.562. The quantitative estimate of drug-likeness (QED) is 0.846. The number of rotatable bonds is 4. The fourth-order valence-corrected chi connectivity index (χ4v) is 2.76. The van der Waals surface area contributed by atoms with E-state index in [1.807, 2.05) is 18.2 Å². The van der Waals surface area contributed by atoms with E-state index >= 15 is 0 Å². The van der Waals surface area contributed by atoms with Gasteiger partial charge in [0.2, 0.25) is 0 Å². The number of hydrogen-bond acceptors (Lipinski definition) is 4. The number of nitrogens with zero attached hydrogens (tertiary/aromatic N) is 2. The molecule has 1 fully saturated rings. The molecule has 0 radical (unpaired) electrons. The van der Waals surface area contributed by atoms with Gasteiger partial charge in [-0.05, 0) is 37.9 Å². The molecule has 0 N–H and O–H groups in total. The minimum absolute atomic E-state index is 0.271. The number of benzene rings is 1. The van der Waals surface area contributed by atoms with Crippen molar-refractivity contribution in [3.05, 3.63) is 23.8 Å². The van der Waals surface area contributed by atoms with Crippen LogP contribution in [0.2, 0.25) is 0 Å². The highest BCUT2D eigenvalue weighted by molar-refractivity contribution is 5.49. The van der Waals surface area contributed by atoms with E-state index in [2.05, 4.69) is 17.9 Å². The van der Waals surface area contributed by atoms with Crippen molar-refractivity contribution in [1.82, 2.24) is 4.90 Å². The predicted molar refractivity (Wildman–Crippen MR) is 77.9 cm³/mol. The van der Waals surface area contributed by atoms with Gasteiger partial charge in [0.15, 0.2) is 11.5 Å². The van der Waals surface area contributed by atoms with Crippen molar-refractivity contribution in [2.24, 2.45) is 5.92 Å². The van der Waals surface area contributed by atoms with Crippen molar-refractivity contribution in [2.45, 2.75) is 25.8 Å². The molecule has 0 saturated carbocycles. The second kappa shape index (κ2) is 6.62. The standard InChI is InChI=1S/C16H22N2O2/c1-12-7-9-18(10-8-12)14(11-17)13-5-4-6-15(19-2)16(13)20-3/h4-6,12,14H,7-10H2,1-3H3. The Kier molecular flexibility index (Phi) is 4.86. The first kappa shape index (κ1) is 14.7. The van der Waals surface area contributed by atoms with Gasteiger partial charge in [-0.2, -0.15) is 5.26 Å². The molecule has 0 bridgehead atoms. The molecule has 0 spiro atoms. The van der Waals surface area contributed by atoms with Crippen LogP contribution in [0.15, 0.2) is 18.2 Å². The summed E-state index contributed by atoms with van der Waals surface area (Å²) < 4.78 is 10.8. The van der Waals surface area contributed by atoms with Crippen molar-refractivity contribution < 1.29 is 9.47 Å². The van der Waals surface area contributed by atoms with Crippen LogP contribution in [0.3, 0.4) is 0 Å². The molecule has 0 aliphatic carbocycles. The van der Waals surface area contributed by atoms with Gasteiger partial charge in [0, 0.05) is 5.56 Å². The van der Waals surface area contributed by atoms with Gasteiger partial charge in [-0.25, -0.2) is 0 Å². The number of para-hydroxylation sites is 1. The molecule has 1 aromatic rings. The van der Waals surface area contributed by atoms with E-state index in [9.17, 15) is 5.26 Å². The van der Waals surface area contributed by atoms with E-state index in [0.717, 1.165) is 37.4 Å². The maximum absolute atomic E-state index is 9.59. The summed E-state index contributed by atoms with van der Waals surface area (Å²) in [7, 11) is 3.24. The molecular formula is C16H22N2O2. The third-order valence-corrected chi connectivity index (χ3v) is 4.03. The molecule has 2 rings (SSSR count). The van der Waals surface area contributed by atoms with Gasteiger partial charge in [-0.1, -0.05) is 19.1 Å². The topological polar surface area (TPSA) is 45.5 Å². The average Bonchev–Trinajstić information content (AvgIpc) is 2.49. The summed E-state index contributed by atoms with van der Waals surface area (Å²) in [6, 6.07) is 7.87. The SMILES string of the molecule is COc1cccc(C(C#N)N2CCC(C)CC2)c1OC. The Bertz CT molecular complexity index is 488. The zero-order valence-electron chi connectivity index (χ0n) is 12.4. The minimum atomic E-state index is -0.271. The third-order valence-electron chi connectivity index (χ3n) is 4.03. The Hall–Kier alpha value is -1.73. The van der Waals surface area contributed by atoms with E-state index in [1.165, 1.54) is 0 Å². The molecule has 1 aliphatic rings. The summed E-state index contributed by atoms with van der Waals surface area (Å²) in [4.78, 5) is 2.23. The Morgan fingerprint density at radius 2 is 1.95 bits per heavy atom. The zero-order chi connectivity index (χ0) is 14.5. The van der Waals surface area contributed by atoms with Crippen LogP contribution in [0.5, 0.6) is 11.5 Å². The first-order chi connectivity index (χ1) is 9.71. The van der Waals surface area contributed by atoms with Crippen LogP contribution < -0.4 is 9.47 Å². The largest absolute Gasteiger partial charge is 0.493 e. The van der Waals surface area contributed by atoms with E-state index in [1.54, 1.807) is 14.2 Å². The Balaban J connectivity index is 2.30. The van der Waals surface area contributed by atoms with Crippen molar-refractivity contribution in [3.63, 3.8) is 0 Å². The van der Waals surface area contributed by atoms with Gasteiger partial charge in [-0.15, -0.1) is 0 Å². The number of nitriles is 1. The number of ether oxygens (including phenoxy) is 2. The molecule has 1 atom stereocenters. The average molecular weight is 274 g/mol. The van der Waals surface area contributed by atoms with E-state index in [0.29, 0.717) is 11.5 Å². The second-order valence-corrected chi connectivity index (χ2v) is 5.33. The Morgan fingerprint density at radius 3 is 2.50 bits per heavy atom. The molecule has 1 saturated heterocycles. The summed E-state index contributed by atoms with van der Waals surface area (Å²) in [6.45, 7) is 4.18. The van der Waals surface area contributed by atoms with Gasteiger partial charge >= 0.3 is 0 Å². The third kappa shape index (κ3) is 2.88. The Morgan fingerprint density at radius 1 is 1.25 bits per heavy atom. The van der Waals surface area contributed by atoms with Gasteiger partial charge in [0.1, 0.15) is 6.04 Å². The molecule has 20 heavy (non-hydrogen) atoms. The summed E-state index contributed by atoms with van der Waals surface area (Å²) in [5.74, 6) is 2.09. The van der Waals surface area contributed by atoms with Gasteiger partial charge < -0.3 is 9.47 Å². The van der Waals surface area contributed by atoms with Crippen LogP contribution in [0.1, 0.15) is 31.4 Å². The lowest BCUT2D eigenvalue weighted by Gasteiger charge is -2.34. The first-order valence-corrected chi connectivity index (χ1v) is 7.05. The van der Waals surface area contributed by atoms with Gasteiger partial charge in [0.05, 0.1) is 20.3 Å². The molecule has 1 aliphatic heterocycles. The van der Waals surface area contributed by atoms with Crippen LogP contribution in [-0.4, -0.2) is 32.2 Å². The second-order valence-electron chi connectivity index (χ2n) is 5.33. The normalized spacial score (nSPS) is 18.3. The summed E-state index contributed by atoms with van der Waals surface area (Å²) >= 11 is 0. The highest BCUT2D eigenvalue weighted by Gasteiger charge is 2.27. The summed E-state index contributed by atoms with van der Waals surface area (Å²) in [6.07, 6.45) is 2.29. The molecule has 0 amide bonds. The maximum atomic E-state index is 9.59. The lowest BCUT2D eigenvalue weighted by molar-refractivity contribution is 0.162. The molecular weight excluding hydrogens is 252 g/mol. The van der Waals surface area contributed by atoms with E-state index in [4.69, 9.17) is 9.47 Å². The van der Waals surface area contributed by atoms with Gasteiger partial charge in [0.25, 0.3) is 0 Å². The summed E-state index contributed by atoms with van der Waals surface area (Å²) in [5.41, 5.74) is 0.893. The highest BCUT2D eigenvalue weighted by atomic mass is 16.5. The maximum Gasteiger partial charge on any atom is 0.166 e. The number of likely N-dealkylation sites (tertiary alicyclic amines) is 1. The molecule has 1 unspecified atom stereocenters. The molecule has 1 aromatic carbocycles. The fourth-order valence-electron chi connectivity index (χ4n) is 2.76. The molecule has 0 aromatic heterocycles. The lowest BCUT2D eigenvalue weighted by atomic mass is 9.96. The van der Waals surface area contributed by atoms with Gasteiger partial charge in [-0.3, -0.25) is 4.90 Å². The van der Waals surface area contributed by atoms with Crippen molar-refractivity contribution in [1.29, 1.82) is 5.26 Å². The molecule has 108 valence electrons. The van der Waals surface area contributed by atoms with Crippen LogP contribution in [0, 0.1) is 17.2 Å². The molecule has 1 heterocycles. The van der Waals surface area contributed by atoms with Crippen molar-refractivity contribution >= 4 is 0 Å². The minimum Gasteiger partial charge on any atom is -0.493 e. The van der Waals surface area contributed by atoms with Crippen molar-refractivity contribution in [3.8, 4) is 17.6 Å². The monoisotopic (exact) mass is 274 g/mol. The first-order valence-electron chi connectivity index (χ1n) is 7.05. The van der Waals surface area contributed by atoms with Crippen LogP contribution in [0.25, 0.3) is 0 Å². The summed E-state index contributed by atoms with van der Waals surface area (Å²) in [5, 5.41) is 9.59. The van der Waals surface area contributed by atoms with Crippen LogP contribution >= 0.6 is 0 Å². The van der Waals surface area contributed by atoms with E-state index < -0.39 is 0 Å². The predicted octanol–water partition coefficient (Wildman–Crippen LogP) is 3.00. The van der Waals surface area contributed by atoms with Crippen LogP contribution in [-0.2, 0) is 0 Å². The number of methoxy groups -OCH3 is 2. The highest BCUT2D eigenvalue weighted by Crippen LogP contribution is 2.37.